The van der Waals surface area contributed by atoms with Gasteiger partial charge in [-0.25, -0.2) is 0 Å². The summed E-state index contributed by atoms with van der Waals surface area (Å²) in [4.78, 5) is 11.1. The van der Waals surface area contributed by atoms with Gasteiger partial charge in [-0.15, -0.1) is 0 Å². The summed E-state index contributed by atoms with van der Waals surface area (Å²) in [6, 6.07) is 15.7. The molecule has 98 valence electrons. The first kappa shape index (κ1) is 13.6. The molecule has 0 saturated heterocycles. The number of hydrogen-bond donors (Lipinski definition) is 2. The van der Waals surface area contributed by atoms with Gasteiger partial charge in [0.25, 0.3) is 0 Å². The molecule has 0 fully saturated rings. The van der Waals surface area contributed by atoms with Gasteiger partial charge in [0.1, 0.15) is 0 Å². The third kappa shape index (κ3) is 3.81. The highest BCUT2D eigenvalue weighted by atomic mass is 35.5. The summed E-state index contributed by atoms with van der Waals surface area (Å²) in [6.45, 7) is 0.506. The molecular weight excluding hydrogens is 260 g/mol. The third-order valence-corrected chi connectivity index (χ3v) is 3.02. The van der Waals surface area contributed by atoms with Gasteiger partial charge in [0.15, 0.2) is 0 Å². The lowest BCUT2D eigenvalue weighted by Crippen LogP contribution is -2.29. The zero-order valence-electron chi connectivity index (χ0n) is 10.4. The van der Waals surface area contributed by atoms with Crippen LogP contribution in [0.2, 0.25) is 5.02 Å². The van der Waals surface area contributed by atoms with Gasteiger partial charge in [-0.2, -0.15) is 0 Å². The second-order valence-electron chi connectivity index (χ2n) is 4.19. The number of nitrogens with one attached hydrogen (secondary N) is 1. The van der Waals surface area contributed by atoms with E-state index >= 15 is 0 Å². The van der Waals surface area contributed by atoms with Crippen molar-refractivity contribution in [2.45, 2.75) is 6.54 Å². The van der Waals surface area contributed by atoms with Gasteiger partial charge in [0, 0.05) is 11.6 Å². The van der Waals surface area contributed by atoms with E-state index in [2.05, 4.69) is 5.32 Å². The lowest BCUT2D eigenvalue weighted by Gasteiger charge is -2.06. The Morgan fingerprint density at radius 1 is 1.11 bits per heavy atom. The molecule has 2 aromatic carbocycles. The van der Waals surface area contributed by atoms with E-state index in [4.69, 9.17) is 17.3 Å². The largest absolute Gasteiger partial charge is 0.351 e. The van der Waals surface area contributed by atoms with Crippen molar-refractivity contribution < 1.29 is 4.79 Å². The van der Waals surface area contributed by atoms with E-state index in [0.717, 1.165) is 21.7 Å². The minimum Gasteiger partial charge on any atom is -0.351 e. The Morgan fingerprint density at radius 2 is 1.84 bits per heavy atom. The molecule has 3 nitrogen and oxygen atoms in total. The summed E-state index contributed by atoms with van der Waals surface area (Å²) in [5.41, 5.74) is 8.43. The van der Waals surface area contributed by atoms with Crippen molar-refractivity contribution in [2.75, 3.05) is 6.54 Å². The van der Waals surface area contributed by atoms with E-state index in [0.29, 0.717) is 6.54 Å². The Hall–Kier alpha value is -1.84. The third-order valence-electron chi connectivity index (χ3n) is 2.79. The molecule has 0 aliphatic carbocycles. The second-order valence-corrected chi connectivity index (χ2v) is 4.62. The van der Waals surface area contributed by atoms with Crippen LogP contribution in [0.25, 0.3) is 11.1 Å². The van der Waals surface area contributed by atoms with Crippen LogP contribution in [0.4, 0.5) is 0 Å². The molecule has 0 atom stereocenters. The van der Waals surface area contributed by atoms with Crippen molar-refractivity contribution in [1.29, 1.82) is 0 Å². The smallest absolute Gasteiger partial charge is 0.234 e. The molecule has 0 aromatic heterocycles. The quantitative estimate of drug-likeness (QED) is 0.900. The van der Waals surface area contributed by atoms with Crippen LogP contribution in [-0.4, -0.2) is 12.5 Å². The lowest BCUT2D eigenvalue weighted by atomic mass is 10.0. The number of halogens is 1. The maximum absolute atomic E-state index is 11.1. The SMILES string of the molecule is NCC(=O)NCc1ccc(-c2cccc(Cl)c2)cc1. The Balaban J connectivity index is 2.08. The number of carbonyl (C=O) groups is 1. The molecule has 0 heterocycles. The molecule has 2 rings (SSSR count). The molecule has 0 saturated carbocycles. The van der Waals surface area contributed by atoms with Gasteiger partial charge < -0.3 is 11.1 Å². The van der Waals surface area contributed by atoms with Crippen molar-refractivity contribution in [3.05, 3.63) is 59.1 Å². The van der Waals surface area contributed by atoms with Gasteiger partial charge in [-0.1, -0.05) is 48.0 Å². The van der Waals surface area contributed by atoms with Crippen molar-refractivity contribution in [2.24, 2.45) is 5.73 Å². The van der Waals surface area contributed by atoms with Crippen LogP contribution in [0.1, 0.15) is 5.56 Å². The fourth-order valence-corrected chi connectivity index (χ4v) is 1.95. The maximum atomic E-state index is 11.1. The second kappa shape index (κ2) is 6.36. The number of rotatable bonds is 4. The van der Waals surface area contributed by atoms with E-state index in [1.807, 2.05) is 48.5 Å². The average Bonchev–Trinajstić information content (AvgIpc) is 2.45. The fraction of sp³-hybridized carbons (Fsp3) is 0.133. The Kier molecular flexibility index (Phi) is 4.55. The minimum absolute atomic E-state index is 0.0145. The van der Waals surface area contributed by atoms with Gasteiger partial charge in [-0.3, -0.25) is 4.79 Å². The molecule has 3 N–H and O–H groups in total. The van der Waals surface area contributed by atoms with E-state index in [1.54, 1.807) is 0 Å². The van der Waals surface area contributed by atoms with E-state index in [9.17, 15) is 4.79 Å². The van der Waals surface area contributed by atoms with Crippen LogP contribution >= 0.6 is 11.6 Å². The average molecular weight is 275 g/mol. The highest BCUT2D eigenvalue weighted by molar-refractivity contribution is 6.30. The highest BCUT2D eigenvalue weighted by Gasteiger charge is 2.00. The summed E-state index contributed by atoms with van der Waals surface area (Å²) in [5.74, 6) is -0.154. The first-order valence-corrected chi connectivity index (χ1v) is 6.38. The molecule has 0 spiro atoms. The summed E-state index contributed by atoms with van der Waals surface area (Å²) in [7, 11) is 0. The first-order valence-electron chi connectivity index (χ1n) is 6.00. The zero-order chi connectivity index (χ0) is 13.7. The Morgan fingerprint density at radius 3 is 2.47 bits per heavy atom. The number of amides is 1. The van der Waals surface area contributed by atoms with Crippen LogP contribution < -0.4 is 11.1 Å². The van der Waals surface area contributed by atoms with E-state index in [1.165, 1.54) is 0 Å². The zero-order valence-corrected chi connectivity index (χ0v) is 11.2. The molecule has 0 unspecified atom stereocenters. The Labute approximate surface area is 117 Å². The molecule has 0 aliphatic rings. The van der Waals surface area contributed by atoms with Crippen molar-refractivity contribution in [3.8, 4) is 11.1 Å². The van der Waals surface area contributed by atoms with Crippen LogP contribution in [0.3, 0.4) is 0 Å². The predicted molar refractivity (Wildman–Crippen MR) is 77.8 cm³/mol. The van der Waals surface area contributed by atoms with Crippen LogP contribution in [0.15, 0.2) is 48.5 Å². The van der Waals surface area contributed by atoms with Gasteiger partial charge in [0.05, 0.1) is 6.54 Å². The molecule has 0 aliphatic heterocycles. The van der Waals surface area contributed by atoms with Gasteiger partial charge >= 0.3 is 0 Å². The monoisotopic (exact) mass is 274 g/mol. The van der Waals surface area contributed by atoms with Crippen LogP contribution in [0.5, 0.6) is 0 Å². The number of carbonyl (C=O) groups excluding carboxylic acids is 1. The van der Waals surface area contributed by atoms with Crippen molar-refractivity contribution in [3.63, 3.8) is 0 Å². The number of hydrogen-bond acceptors (Lipinski definition) is 2. The van der Waals surface area contributed by atoms with Crippen LogP contribution in [0, 0.1) is 0 Å². The summed E-state index contributed by atoms with van der Waals surface area (Å²) >= 11 is 5.97. The molecule has 19 heavy (non-hydrogen) atoms. The fourth-order valence-electron chi connectivity index (χ4n) is 1.76. The van der Waals surface area contributed by atoms with Gasteiger partial charge in [-0.05, 0) is 28.8 Å². The summed E-state index contributed by atoms with van der Waals surface area (Å²) in [5, 5.41) is 3.45. The molecule has 4 heteroatoms. The van der Waals surface area contributed by atoms with Gasteiger partial charge in [0.2, 0.25) is 5.91 Å². The molecular formula is C15H15ClN2O. The van der Waals surface area contributed by atoms with E-state index in [-0.39, 0.29) is 12.5 Å². The molecule has 0 bridgehead atoms. The van der Waals surface area contributed by atoms with E-state index < -0.39 is 0 Å². The lowest BCUT2D eigenvalue weighted by molar-refractivity contribution is -0.119. The van der Waals surface area contributed by atoms with Crippen molar-refractivity contribution >= 4 is 17.5 Å². The Bertz CT molecular complexity index is 567. The van der Waals surface area contributed by atoms with Crippen molar-refractivity contribution in [1.82, 2.24) is 5.32 Å². The molecule has 2 aromatic rings. The topological polar surface area (TPSA) is 55.1 Å². The number of nitrogens with two attached hydrogens (primary N) is 1. The standard InChI is InChI=1S/C15H15ClN2O/c16-14-3-1-2-13(8-14)12-6-4-11(5-7-12)10-18-15(19)9-17/h1-8H,9-10,17H2,(H,18,19). The summed E-state index contributed by atoms with van der Waals surface area (Å²) < 4.78 is 0. The van der Waals surface area contributed by atoms with Crippen LogP contribution in [-0.2, 0) is 11.3 Å². The predicted octanol–water partition coefficient (Wildman–Crippen LogP) is 2.58. The maximum Gasteiger partial charge on any atom is 0.234 e. The number of benzene rings is 2. The summed E-state index contributed by atoms with van der Waals surface area (Å²) in [6.07, 6.45) is 0. The first-order chi connectivity index (χ1) is 9.19. The normalized spacial score (nSPS) is 10.2. The minimum atomic E-state index is -0.154. The molecule has 0 radical (unpaired) electrons. The highest BCUT2D eigenvalue weighted by Crippen LogP contribution is 2.22. The molecule has 1 amide bonds.